The highest BCUT2D eigenvalue weighted by Crippen LogP contribution is 2.31. The second-order valence-electron chi connectivity index (χ2n) is 3.38. The molecule has 5 heteroatoms. The monoisotopic (exact) mass is 206 g/mol. The zero-order chi connectivity index (χ0) is 11.0. The Kier molecular flexibility index (Phi) is 2.15. The number of likely N-dealkylation sites (N-methyl/N-ethyl adjacent to an activating group) is 1. The standard InChI is InChI=1S/C10H10N2O3/c1-2-11-9-4-3-8(12(14)15)5-7(9)6-10(11)13/h3-5H,2,6H2,1H3. The summed E-state index contributed by atoms with van der Waals surface area (Å²) in [7, 11) is 0. The van der Waals surface area contributed by atoms with Gasteiger partial charge in [0.1, 0.15) is 0 Å². The minimum Gasteiger partial charge on any atom is -0.312 e. The molecule has 0 aliphatic carbocycles. The summed E-state index contributed by atoms with van der Waals surface area (Å²) in [5, 5.41) is 10.5. The molecular weight excluding hydrogens is 196 g/mol. The Bertz CT molecular complexity index is 442. The van der Waals surface area contributed by atoms with Crippen LogP contribution in [0.2, 0.25) is 0 Å². The quantitative estimate of drug-likeness (QED) is 0.544. The van der Waals surface area contributed by atoms with E-state index in [1.807, 2.05) is 6.92 Å². The average molecular weight is 206 g/mol. The van der Waals surface area contributed by atoms with Gasteiger partial charge in [0.25, 0.3) is 5.69 Å². The molecule has 1 aromatic carbocycles. The van der Waals surface area contributed by atoms with Crippen molar-refractivity contribution in [2.45, 2.75) is 13.3 Å². The summed E-state index contributed by atoms with van der Waals surface area (Å²) >= 11 is 0. The van der Waals surface area contributed by atoms with Crippen LogP contribution in [0.4, 0.5) is 11.4 Å². The van der Waals surface area contributed by atoms with Crippen LogP contribution >= 0.6 is 0 Å². The minimum absolute atomic E-state index is 0.00741. The number of hydrogen-bond acceptors (Lipinski definition) is 3. The Morgan fingerprint density at radius 2 is 2.27 bits per heavy atom. The van der Waals surface area contributed by atoms with Crippen LogP contribution in [0.15, 0.2) is 18.2 Å². The van der Waals surface area contributed by atoms with Crippen molar-refractivity contribution in [3.63, 3.8) is 0 Å². The van der Waals surface area contributed by atoms with E-state index in [0.29, 0.717) is 6.54 Å². The number of nitro benzene ring substituents is 1. The summed E-state index contributed by atoms with van der Waals surface area (Å²) in [5.74, 6) is 0.00741. The number of rotatable bonds is 2. The number of non-ortho nitro benzene ring substituents is 1. The number of nitro groups is 1. The highest BCUT2D eigenvalue weighted by atomic mass is 16.6. The van der Waals surface area contributed by atoms with E-state index in [1.54, 1.807) is 11.0 Å². The number of fused-ring (bicyclic) bond motifs is 1. The number of benzene rings is 1. The van der Waals surface area contributed by atoms with Crippen molar-refractivity contribution in [3.05, 3.63) is 33.9 Å². The van der Waals surface area contributed by atoms with Crippen molar-refractivity contribution in [1.29, 1.82) is 0 Å². The molecule has 0 aromatic heterocycles. The van der Waals surface area contributed by atoms with Crippen molar-refractivity contribution in [2.24, 2.45) is 0 Å². The largest absolute Gasteiger partial charge is 0.312 e. The van der Waals surface area contributed by atoms with E-state index in [-0.39, 0.29) is 18.0 Å². The fourth-order valence-corrected chi connectivity index (χ4v) is 1.83. The second-order valence-corrected chi connectivity index (χ2v) is 3.38. The van der Waals surface area contributed by atoms with E-state index in [1.165, 1.54) is 12.1 Å². The zero-order valence-electron chi connectivity index (χ0n) is 8.27. The molecule has 0 saturated carbocycles. The summed E-state index contributed by atoms with van der Waals surface area (Å²) in [4.78, 5) is 23.2. The molecule has 0 saturated heterocycles. The number of carbonyl (C=O) groups excluding carboxylic acids is 1. The predicted molar refractivity (Wildman–Crippen MR) is 54.8 cm³/mol. The van der Waals surface area contributed by atoms with Gasteiger partial charge in [0.2, 0.25) is 5.91 Å². The summed E-state index contributed by atoms with van der Waals surface area (Å²) in [6, 6.07) is 4.55. The average Bonchev–Trinajstić information content (AvgIpc) is 2.51. The zero-order valence-corrected chi connectivity index (χ0v) is 8.27. The second kappa shape index (κ2) is 3.34. The van der Waals surface area contributed by atoms with Crippen molar-refractivity contribution in [1.82, 2.24) is 0 Å². The smallest absolute Gasteiger partial charge is 0.269 e. The van der Waals surface area contributed by atoms with Crippen LogP contribution in [0.1, 0.15) is 12.5 Å². The maximum atomic E-state index is 11.5. The molecule has 1 amide bonds. The number of hydrogen-bond donors (Lipinski definition) is 0. The predicted octanol–water partition coefficient (Wildman–Crippen LogP) is 1.50. The van der Waals surface area contributed by atoms with Crippen LogP contribution in [0.25, 0.3) is 0 Å². The lowest BCUT2D eigenvalue weighted by Gasteiger charge is -2.13. The molecule has 0 N–H and O–H groups in total. The van der Waals surface area contributed by atoms with Gasteiger partial charge in [-0.3, -0.25) is 14.9 Å². The third kappa shape index (κ3) is 1.45. The van der Waals surface area contributed by atoms with Crippen molar-refractivity contribution in [2.75, 3.05) is 11.4 Å². The maximum Gasteiger partial charge on any atom is 0.269 e. The highest BCUT2D eigenvalue weighted by Gasteiger charge is 2.27. The van der Waals surface area contributed by atoms with E-state index < -0.39 is 4.92 Å². The summed E-state index contributed by atoms with van der Waals surface area (Å²) in [6.45, 7) is 2.48. The van der Waals surface area contributed by atoms with Crippen molar-refractivity contribution in [3.8, 4) is 0 Å². The van der Waals surface area contributed by atoms with Crippen molar-refractivity contribution < 1.29 is 9.72 Å². The molecular formula is C10H10N2O3. The van der Waals surface area contributed by atoms with E-state index in [2.05, 4.69) is 0 Å². The van der Waals surface area contributed by atoms with Crippen LogP contribution < -0.4 is 4.90 Å². The molecule has 0 unspecified atom stereocenters. The fourth-order valence-electron chi connectivity index (χ4n) is 1.83. The number of nitrogens with zero attached hydrogens (tertiary/aromatic N) is 2. The van der Waals surface area contributed by atoms with Gasteiger partial charge in [-0.15, -0.1) is 0 Å². The Labute approximate surface area is 86.5 Å². The third-order valence-electron chi connectivity index (χ3n) is 2.52. The molecule has 0 spiro atoms. The normalized spacial score (nSPS) is 14.2. The van der Waals surface area contributed by atoms with Crippen LogP contribution in [0, 0.1) is 10.1 Å². The molecule has 1 aliphatic heterocycles. The van der Waals surface area contributed by atoms with Crippen LogP contribution in [-0.2, 0) is 11.2 Å². The van der Waals surface area contributed by atoms with E-state index in [9.17, 15) is 14.9 Å². The van der Waals surface area contributed by atoms with Gasteiger partial charge >= 0.3 is 0 Å². The Morgan fingerprint density at radius 3 is 2.87 bits per heavy atom. The Morgan fingerprint density at radius 1 is 1.53 bits per heavy atom. The van der Waals surface area contributed by atoms with Gasteiger partial charge in [-0.05, 0) is 18.6 Å². The first kappa shape index (κ1) is 9.64. The topological polar surface area (TPSA) is 63.5 Å². The van der Waals surface area contributed by atoms with Gasteiger partial charge in [-0.25, -0.2) is 0 Å². The van der Waals surface area contributed by atoms with Gasteiger partial charge < -0.3 is 4.90 Å². The first-order valence-electron chi connectivity index (χ1n) is 4.71. The molecule has 1 heterocycles. The molecule has 78 valence electrons. The van der Waals surface area contributed by atoms with E-state index >= 15 is 0 Å². The molecule has 0 bridgehead atoms. The fraction of sp³-hybridized carbons (Fsp3) is 0.300. The molecule has 0 atom stereocenters. The van der Waals surface area contributed by atoms with Gasteiger partial charge in [-0.1, -0.05) is 0 Å². The molecule has 0 fully saturated rings. The van der Waals surface area contributed by atoms with E-state index in [4.69, 9.17) is 0 Å². The van der Waals surface area contributed by atoms with Gasteiger partial charge in [0.05, 0.1) is 11.3 Å². The number of amides is 1. The first-order valence-corrected chi connectivity index (χ1v) is 4.71. The molecule has 0 radical (unpaired) electrons. The van der Waals surface area contributed by atoms with Crippen molar-refractivity contribution >= 4 is 17.3 Å². The Balaban J connectivity index is 2.46. The van der Waals surface area contributed by atoms with Crippen LogP contribution in [-0.4, -0.2) is 17.4 Å². The molecule has 2 rings (SSSR count). The lowest BCUT2D eigenvalue weighted by atomic mass is 10.1. The van der Waals surface area contributed by atoms with Crippen LogP contribution in [0.3, 0.4) is 0 Å². The SMILES string of the molecule is CCN1C(=O)Cc2cc([N+](=O)[O-])ccc21. The molecule has 1 aromatic rings. The van der Waals surface area contributed by atoms with Gasteiger partial charge in [-0.2, -0.15) is 0 Å². The van der Waals surface area contributed by atoms with E-state index in [0.717, 1.165) is 11.3 Å². The van der Waals surface area contributed by atoms with Gasteiger partial charge in [0.15, 0.2) is 0 Å². The Hall–Kier alpha value is -1.91. The molecule has 15 heavy (non-hydrogen) atoms. The number of anilines is 1. The molecule has 5 nitrogen and oxygen atoms in total. The lowest BCUT2D eigenvalue weighted by Crippen LogP contribution is -2.25. The first-order chi connectivity index (χ1) is 7.13. The molecule has 1 aliphatic rings. The van der Waals surface area contributed by atoms with Crippen LogP contribution in [0.5, 0.6) is 0 Å². The third-order valence-corrected chi connectivity index (χ3v) is 2.52. The number of carbonyl (C=O) groups is 1. The highest BCUT2D eigenvalue weighted by molar-refractivity contribution is 6.01. The minimum atomic E-state index is -0.445. The van der Waals surface area contributed by atoms with Gasteiger partial charge in [0, 0.05) is 24.4 Å². The maximum absolute atomic E-state index is 11.5. The summed E-state index contributed by atoms with van der Waals surface area (Å²) < 4.78 is 0. The summed E-state index contributed by atoms with van der Waals surface area (Å²) in [6.07, 6.45) is 0.269. The lowest BCUT2D eigenvalue weighted by molar-refractivity contribution is -0.384. The summed E-state index contributed by atoms with van der Waals surface area (Å²) in [5.41, 5.74) is 1.59.